The second-order valence-electron chi connectivity index (χ2n) is 2.59. The number of aliphatic carboxylic acids is 1. The molecule has 3 nitrogen and oxygen atoms in total. The van der Waals surface area contributed by atoms with Gasteiger partial charge in [0.05, 0.1) is 5.57 Å². The number of hydrogen-bond acceptors (Lipinski definition) is 2. The Morgan fingerprint density at radius 2 is 2.08 bits per heavy atom. The predicted octanol–water partition coefficient (Wildman–Crippen LogP) is 1.21. The van der Waals surface area contributed by atoms with Crippen molar-refractivity contribution in [2.75, 3.05) is 0 Å². The second-order valence-corrected chi connectivity index (χ2v) is 2.59. The molecule has 6 heteroatoms. The molecule has 0 heterocycles. The van der Waals surface area contributed by atoms with Crippen LogP contribution in [0.15, 0.2) is 23.3 Å². The lowest BCUT2D eigenvalue weighted by atomic mass is 9.99. The van der Waals surface area contributed by atoms with E-state index < -0.39 is 35.5 Å². The van der Waals surface area contributed by atoms with Crippen LogP contribution < -0.4 is 0 Å². The first-order valence-electron chi connectivity index (χ1n) is 3.25. The van der Waals surface area contributed by atoms with Crippen LogP contribution in [-0.4, -0.2) is 22.0 Å². The standard InChI is InChI=1S/C7H5F3O3/c8-4-2-7(10,13)1-3(5(4)9)6(11)12/h2,13H,1H2,(H,11,12). The first kappa shape index (κ1) is 9.79. The van der Waals surface area contributed by atoms with E-state index in [0.29, 0.717) is 0 Å². The number of carbonyl (C=O) groups is 1. The third-order valence-corrected chi connectivity index (χ3v) is 1.51. The van der Waals surface area contributed by atoms with Crippen molar-refractivity contribution in [3.63, 3.8) is 0 Å². The smallest absolute Gasteiger partial charge is 0.334 e. The fourth-order valence-corrected chi connectivity index (χ4v) is 0.948. The highest BCUT2D eigenvalue weighted by Gasteiger charge is 2.36. The zero-order chi connectivity index (χ0) is 10.2. The van der Waals surface area contributed by atoms with E-state index >= 15 is 0 Å². The number of hydrogen-bond donors (Lipinski definition) is 2. The van der Waals surface area contributed by atoms with E-state index in [0.717, 1.165) is 0 Å². The van der Waals surface area contributed by atoms with Crippen LogP contribution in [-0.2, 0) is 4.79 Å². The average Bonchev–Trinajstić information content (AvgIpc) is 1.95. The van der Waals surface area contributed by atoms with Gasteiger partial charge in [-0.2, -0.15) is 0 Å². The van der Waals surface area contributed by atoms with Crippen molar-refractivity contribution in [2.45, 2.75) is 12.3 Å². The van der Waals surface area contributed by atoms with Crippen molar-refractivity contribution in [3.8, 4) is 0 Å². The van der Waals surface area contributed by atoms with Gasteiger partial charge in [-0.3, -0.25) is 0 Å². The van der Waals surface area contributed by atoms with Crippen molar-refractivity contribution < 1.29 is 28.2 Å². The van der Waals surface area contributed by atoms with Gasteiger partial charge in [0.2, 0.25) is 5.85 Å². The predicted molar refractivity (Wildman–Crippen MR) is 35.6 cm³/mol. The van der Waals surface area contributed by atoms with Crippen LogP contribution in [0.25, 0.3) is 0 Å². The van der Waals surface area contributed by atoms with E-state index in [2.05, 4.69) is 0 Å². The molecular formula is C7H5F3O3. The molecule has 1 aliphatic carbocycles. The van der Waals surface area contributed by atoms with Gasteiger partial charge < -0.3 is 10.2 Å². The summed E-state index contributed by atoms with van der Waals surface area (Å²) in [6, 6.07) is 0. The van der Waals surface area contributed by atoms with Gasteiger partial charge in [-0.15, -0.1) is 0 Å². The molecule has 1 aliphatic rings. The minimum Gasteiger partial charge on any atom is -0.478 e. The highest BCUT2D eigenvalue weighted by atomic mass is 19.2. The summed E-state index contributed by atoms with van der Waals surface area (Å²) >= 11 is 0. The van der Waals surface area contributed by atoms with E-state index in [4.69, 9.17) is 10.2 Å². The molecule has 0 spiro atoms. The van der Waals surface area contributed by atoms with Crippen molar-refractivity contribution in [1.82, 2.24) is 0 Å². The molecule has 72 valence electrons. The maximum Gasteiger partial charge on any atom is 0.334 e. The maximum absolute atomic E-state index is 12.7. The molecule has 0 fully saturated rings. The van der Waals surface area contributed by atoms with E-state index in [9.17, 15) is 18.0 Å². The lowest BCUT2D eigenvalue weighted by molar-refractivity contribution is -0.134. The lowest BCUT2D eigenvalue weighted by Crippen LogP contribution is -2.26. The number of aliphatic hydroxyl groups is 1. The first-order valence-corrected chi connectivity index (χ1v) is 3.25. The minimum atomic E-state index is -3.13. The highest BCUT2D eigenvalue weighted by molar-refractivity contribution is 5.88. The number of carboxylic acids is 1. The molecule has 1 unspecified atom stereocenters. The molecule has 2 N–H and O–H groups in total. The van der Waals surface area contributed by atoms with Gasteiger partial charge in [0, 0.05) is 12.5 Å². The summed E-state index contributed by atoms with van der Waals surface area (Å²) in [6.45, 7) is 0. The fourth-order valence-electron chi connectivity index (χ4n) is 0.948. The Kier molecular flexibility index (Phi) is 2.17. The molecule has 13 heavy (non-hydrogen) atoms. The molecule has 0 aromatic rings. The van der Waals surface area contributed by atoms with E-state index in [1.54, 1.807) is 0 Å². The number of halogens is 3. The molecule has 0 saturated heterocycles. The van der Waals surface area contributed by atoms with Crippen molar-refractivity contribution in [3.05, 3.63) is 23.3 Å². The van der Waals surface area contributed by atoms with Crippen molar-refractivity contribution >= 4 is 5.97 Å². The number of rotatable bonds is 1. The molecular weight excluding hydrogens is 189 g/mol. The molecule has 1 atom stereocenters. The third-order valence-electron chi connectivity index (χ3n) is 1.51. The van der Waals surface area contributed by atoms with Gasteiger partial charge in [0.1, 0.15) is 0 Å². The summed E-state index contributed by atoms with van der Waals surface area (Å²) in [7, 11) is 0. The summed E-state index contributed by atoms with van der Waals surface area (Å²) in [5, 5.41) is 16.9. The summed E-state index contributed by atoms with van der Waals surface area (Å²) in [5.74, 6) is -8.27. The summed E-state index contributed by atoms with van der Waals surface area (Å²) in [5.41, 5.74) is -1.11. The Morgan fingerprint density at radius 1 is 1.54 bits per heavy atom. The van der Waals surface area contributed by atoms with E-state index in [1.165, 1.54) is 0 Å². The summed E-state index contributed by atoms with van der Waals surface area (Å²) in [4.78, 5) is 10.2. The second kappa shape index (κ2) is 2.88. The number of alkyl halides is 1. The molecule has 0 radical (unpaired) electrons. The van der Waals surface area contributed by atoms with Gasteiger partial charge in [-0.1, -0.05) is 0 Å². The Balaban J connectivity index is 3.14. The van der Waals surface area contributed by atoms with E-state index in [1.807, 2.05) is 0 Å². The number of carboxylic acid groups (broad SMARTS) is 1. The van der Waals surface area contributed by atoms with Gasteiger partial charge in [0.15, 0.2) is 11.7 Å². The Hall–Kier alpha value is -1.30. The molecule has 0 aromatic carbocycles. The SMILES string of the molecule is O=C(O)C1=C(F)C(F)=CC(O)(F)C1. The monoisotopic (exact) mass is 194 g/mol. The van der Waals surface area contributed by atoms with Gasteiger partial charge in [0.25, 0.3) is 0 Å². The molecule has 0 amide bonds. The van der Waals surface area contributed by atoms with Gasteiger partial charge in [-0.25, -0.2) is 18.0 Å². The van der Waals surface area contributed by atoms with Crippen LogP contribution in [0.3, 0.4) is 0 Å². The van der Waals surface area contributed by atoms with Crippen LogP contribution >= 0.6 is 0 Å². The van der Waals surface area contributed by atoms with Gasteiger partial charge in [-0.05, 0) is 0 Å². The zero-order valence-corrected chi connectivity index (χ0v) is 6.22. The van der Waals surface area contributed by atoms with Crippen LogP contribution in [0.2, 0.25) is 0 Å². The third kappa shape index (κ3) is 1.89. The number of allylic oxidation sites excluding steroid dienone is 2. The molecule has 0 saturated carbocycles. The van der Waals surface area contributed by atoms with Crippen LogP contribution in [0, 0.1) is 0 Å². The summed E-state index contributed by atoms with van der Waals surface area (Å²) in [6.07, 6.45) is -1.10. The fraction of sp³-hybridized carbons (Fsp3) is 0.286. The Morgan fingerprint density at radius 3 is 2.54 bits per heavy atom. The summed E-state index contributed by atoms with van der Waals surface area (Å²) < 4.78 is 37.7. The normalized spacial score (nSPS) is 28.8. The minimum absolute atomic E-state index is 0.00519. The van der Waals surface area contributed by atoms with Crippen LogP contribution in [0.4, 0.5) is 13.2 Å². The van der Waals surface area contributed by atoms with Crippen molar-refractivity contribution in [2.24, 2.45) is 0 Å². The first-order chi connectivity index (χ1) is 5.83. The quantitative estimate of drug-likeness (QED) is 0.659. The largest absolute Gasteiger partial charge is 0.478 e. The van der Waals surface area contributed by atoms with E-state index in [-0.39, 0.29) is 6.08 Å². The Bertz CT molecular complexity index is 317. The molecule has 1 rings (SSSR count). The van der Waals surface area contributed by atoms with Gasteiger partial charge >= 0.3 is 5.97 Å². The lowest BCUT2D eigenvalue weighted by Gasteiger charge is -2.19. The molecule has 0 aromatic heterocycles. The van der Waals surface area contributed by atoms with Crippen LogP contribution in [0.5, 0.6) is 0 Å². The topological polar surface area (TPSA) is 57.5 Å². The van der Waals surface area contributed by atoms with Crippen LogP contribution in [0.1, 0.15) is 6.42 Å². The zero-order valence-electron chi connectivity index (χ0n) is 6.22. The highest BCUT2D eigenvalue weighted by Crippen LogP contribution is 2.33. The Labute approximate surface area is 70.8 Å². The maximum atomic E-state index is 12.7. The van der Waals surface area contributed by atoms with Crippen molar-refractivity contribution in [1.29, 1.82) is 0 Å². The molecule has 0 bridgehead atoms. The average molecular weight is 194 g/mol. The molecule has 0 aliphatic heterocycles.